The third kappa shape index (κ3) is 6.17. The molecule has 0 fully saturated rings. The minimum absolute atomic E-state index is 0.0309. The number of nitrogens with zero attached hydrogens (tertiary/aromatic N) is 2. The van der Waals surface area contributed by atoms with Crippen LogP contribution in [0.1, 0.15) is 25.8 Å². The van der Waals surface area contributed by atoms with Gasteiger partial charge in [0.05, 0.1) is 5.75 Å². The molecule has 1 aromatic carbocycles. The molecule has 6 nitrogen and oxygen atoms in total. The SMILES string of the molecule is CN=C(NCCS(=O)(=O)NC(C)C)N1CC=C(c2ccccc2)CC1. The van der Waals surface area contributed by atoms with Crippen molar-refractivity contribution in [3.05, 3.63) is 42.0 Å². The predicted molar refractivity (Wildman–Crippen MR) is 104 cm³/mol. The molecule has 0 spiro atoms. The second-order valence-electron chi connectivity index (χ2n) is 6.36. The Bertz CT molecular complexity index is 712. The molecule has 0 amide bonds. The van der Waals surface area contributed by atoms with Crippen LogP contribution in [0.5, 0.6) is 0 Å². The van der Waals surface area contributed by atoms with Gasteiger partial charge in [0.1, 0.15) is 0 Å². The Balaban J connectivity index is 1.87. The van der Waals surface area contributed by atoms with Crippen LogP contribution in [0.3, 0.4) is 0 Å². The van der Waals surface area contributed by atoms with Crippen molar-refractivity contribution in [1.29, 1.82) is 0 Å². The largest absolute Gasteiger partial charge is 0.355 e. The normalized spacial score (nSPS) is 16.1. The molecular weight excluding hydrogens is 336 g/mol. The number of rotatable bonds is 6. The smallest absolute Gasteiger partial charge is 0.213 e. The third-order valence-electron chi connectivity index (χ3n) is 3.93. The summed E-state index contributed by atoms with van der Waals surface area (Å²) in [5.74, 6) is 0.770. The van der Waals surface area contributed by atoms with Crippen molar-refractivity contribution in [3.8, 4) is 0 Å². The summed E-state index contributed by atoms with van der Waals surface area (Å²) in [5.41, 5.74) is 2.60. The van der Waals surface area contributed by atoms with Crippen LogP contribution in [-0.4, -0.2) is 57.8 Å². The van der Waals surface area contributed by atoms with Crippen molar-refractivity contribution in [3.63, 3.8) is 0 Å². The molecule has 1 aliphatic heterocycles. The minimum Gasteiger partial charge on any atom is -0.355 e. The van der Waals surface area contributed by atoms with E-state index in [1.807, 2.05) is 19.9 Å². The van der Waals surface area contributed by atoms with Gasteiger partial charge >= 0.3 is 0 Å². The zero-order valence-electron chi connectivity index (χ0n) is 15.2. The van der Waals surface area contributed by atoms with Gasteiger partial charge in [0, 0.05) is 32.7 Å². The van der Waals surface area contributed by atoms with E-state index in [0.29, 0.717) is 6.54 Å². The third-order valence-corrected chi connectivity index (χ3v) is 5.51. The highest BCUT2D eigenvalue weighted by Gasteiger charge is 2.17. The number of benzene rings is 1. The summed E-state index contributed by atoms with van der Waals surface area (Å²) in [6.45, 7) is 5.58. The molecule has 1 heterocycles. The van der Waals surface area contributed by atoms with Gasteiger partial charge in [-0.1, -0.05) is 36.4 Å². The molecular formula is C18H28N4O2S. The van der Waals surface area contributed by atoms with E-state index in [0.717, 1.165) is 25.5 Å². The summed E-state index contributed by atoms with van der Waals surface area (Å²) >= 11 is 0. The van der Waals surface area contributed by atoms with Crippen LogP contribution >= 0.6 is 0 Å². The molecule has 0 radical (unpaired) electrons. The van der Waals surface area contributed by atoms with Crippen LogP contribution in [-0.2, 0) is 10.0 Å². The predicted octanol–water partition coefficient (Wildman–Crippen LogP) is 1.68. The summed E-state index contributed by atoms with van der Waals surface area (Å²) in [6, 6.07) is 10.3. The van der Waals surface area contributed by atoms with E-state index in [1.54, 1.807) is 7.05 Å². The monoisotopic (exact) mass is 364 g/mol. The number of hydrogen-bond donors (Lipinski definition) is 2. The van der Waals surface area contributed by atoms with Crippen molar-refractivity contribution in [2.45, 2.75) is 26.3 Å². The van der Waals surface area contributed by atoms with Gasteiger partial charge in [-0.3, -0.25) is 4.99 Å². The fourth-order valence-electron chi connectivity index (χ4n) is 2.82. The fraction of sp³-hybridized carbons (Fsp3) is 0.500. The van der Waals surface area contributed by atoms with Gasteiger partial charge in [-0.2, -0.15) is 0 Å². The van der Waals surface area contributed by atoms with Gasteiger partial charge in [0.2, 0.25) is 10.0 Å². The first kappa shape index (κ1) is 19.5. The van der Waals surface area contributed by atoms with Crippen LogP contribution in [0.25, 0.3) is 5.57 Å². The second kappa shape index (κ2) is 9.01. The molecule has 0 aromatic heterocycles. The Kier molecular flexibility index (Phi) is 7.01. The summed E-state index contributed by atoms with van der Waals surface area (Å²) in [6.07, 6.45) is 3.15. The Morgan fingerprint density at radius 1 is 1.28 bits per heavy atom. The van der Waals surface area contributed by atoms with Crippen LogP contribution in [0.15, 0.2) is 41.4 Å². The first-order chi connectivity index (χ1) is 11.9. The van der Waals surface area contributed by atoms with Crippen molar-refractivity contribution in [2.24, 2.45) is 4.99 Å². The Morgan fingerprint density at radius 3 is 2.56 bits per heavy atom. The van der Waals surface area contributed by atoms with Crippen LogP contribution in [0.4, 0.5) is 0 Å². The lowest BCUT2D eigenvalue weighted by Gasteiger charge is -2.29. The Morgan fingerprint density at radius 2 is 2.00 bits per heavy atom. The summed E-state index contributed by atoms with van der Waals surface area (Å²) in [4.78, 5) is 6.41. The number of aliphatic imine (C=N–C) groups is 1. The second-order valence-corrected chi connectivity index (χ2v) is 8.23. The molecule has 0 bridgehead atoms. The van der Waals surface area contributed by atoms with Crippen molar-refractivity contribution >= 4 is 21.6 Å². The van der Waals surface area contributed by atoms with Crippen molar-refractivity contribution in [1.82, 2.24) is 14.9 Å². The maximum Gasteiger partial charge on any atom is 0.213 e. The van der Waals surface area contributed by atoms with Crippen LogP contribution in [0, 0.1) is 0 Å². The molecule has 1 aromatic rings. The fourth-order valence-corrected chi connectivity index (χ4v) is 4.03. The van der Waals surface area contributed by atoms with Gasteiger partial charge in [0.15, 0.2) is 5.96 Å². The van der Waals surface area contributed by atoms with E-state index in [1.165, 1.54) is 11.1 Å². The zero-order valence-corrected chi connectivity index (χ0v) is 16.0. The highest BCUT2D eigenvalue weighted by atomic mass is 32.2. The van der Waals surface area contributed by atoms with Crippen LogP contribution < -0.4 is 10.0 Å². The van der Waals surface area contributed by atoms with E-state index in [-0.39, 0.29) is 11.8 Å². The quantitative estimate of drug-likeness (QED) is 0.595. The molecule has 25 heavy (non-hydrogen) atoms. The lowest BCUT2D eigenvalue weighted by Crippen LogP contribution is -2.45. The highest BCUT2D eigenvalue weighted by Crippen LogP contribution is 2.21. The number of hydrogen-bond acceptors (Lipinski definition) is 3. The average Bonchev–Trinajstić information content (AvgIpc) is 2.58. The summed E-state index contributed by atoms with van der Waals surface area (Å²) in [7, 11) is -1.54. The maximum atomic E-state index is 11.9. The first-order valence-electron chi connectivity index (χ1n) is 8.61. The molecule has 0 aliphatic carbocycles. The van der Waals surface area contributed by atoms with Crippen LogP contribution in [0.2, 0.25) is 0 Å². The number of sulfonamides is 1. The van der Waals surface area contributed by atoms with E-state index in [9.17, 15) is 8.42 Å². The van der Waals surface area contributed by atoms with E-state index >= 15 is 0 Å². The molecule has 2 rings (SSSR count). The van der Waals surface area contributed by atoms with Crippen molar-refractivity contribution in [2.75, 3.05) is 32.4 Å². The first-order valence-corrected chi connectivity index (χ1v) is 10.3. The lowest BCUT2D eigenvalue weighted by atomic mass is 10.00. The molecule has 0 atom stereocenters. The maximum absolute atomic E-state index is 11.9. The van der Waals surface area contributed by atoms with E-state index < -0.39 is 10.0 Å². The molecule has 0 saturated carbocycles. The highest BCUT2D eigenvalue weighted by molar-refractivity contribution is 7.89. The average molecular weight is 365 g/mol. The minimum atomic E-state index is -3.26. The van der Waals surface area contributed by atoms with Gasteiger partial charge < -0.3 is 10.2 Å². The zero-order chi connectivity index (χ0) is 18.3. The Labute approximate surface area is 151 Å². The topological polar surface area (TPSA) is 73.8 Å². The molecule has 2 N–H and O–H groups in total. The Hall–Kier alpha value is -1.86. The van der Waals surface area contributed by atoms with E-state index in [2.05, 4.69) is 50.3 Å². The van der Waals surface area contributed by atoms with Gasteiger partial charge in [-0.05, 0) is 31.4 Å². The van der Waals surface area contributed by atoms with Gasteiger partial charge in [0.25, 0.3) is 0 Å². The summed E-state index contributed by atoms with van der Waals surface area (Å²) in [5, 5.41) is 3.15. The molecule has 7 heteroatoms. The molecule has 0 unspecified atom stereocenters. The standard InChI is InChI=1S/C18H28N4O2S/c1-15(2)21-25(23,24)14-11-20-18(19-3)22-12-9-17(10-13-22)16-7-5-4-6-8-16/h4-9,15,21H,10-14H2,1-3H3,(H,19,20). The van der Waals surface area contributed by atoms with Gasteiger partial charge in [-0.25, -0.2) is 13.1 Å². The molecule has 138 valence electrons. The lowest BCUT2D eigenvalue weighted by molar-refractivity contribution is 0.441. The molecule has 0 saturated heterocycles. The number of nitrogens with one attached hydrogen (secondary N) is 2. The molecule has 1 aliphatic rings. The summed E-state index contributed by atoms with van der Waals surface area (Å²) < 4.78 is 26.3. The van der Waals surface area contributed by atoms with Crippen molar-refractivity contribution < 1.29 is 8.42 Å². The van der Waals surface area contributed by atoms with E-state index in [4.69, 9.17) is 0 Å². The van der Waals surface area contributed by atoms with Gasteiger partial charge in [-0.15, -0.1) is 0 Å². The number of guanidine groups is 1.